The number of hydrogen-bond donors (Lipinski definition) is 0. The van der Waals surface area contributed by atoms with Crippen molar-refractivity contribution in [1.82, 2.24) is 9.13 Å². The molecule has 0 fully saturated rings. The Kier molecular flexibility index (Phi) is 11.9. The van der Waals surface area contributed by atoms with Crippen LogP contribution in [0.15, 0.2) is 339 Å². The van der Waals surface area contributed by atoms with Crippen molar-refractivity contribution in [2.45, 2.75) is 78.6 Å². The molecule has 21 rings (SSSR count). The van der Waals surface area contributed by atoms with E-state index in [2.05, 4.69) is 98.7 Å². The molecule has 2 aliphatic rings. The van der Waals surface area contributed by atoms with Crippen LogP contribution >= 0.6 is 0 Å². The number of rotatable bonds is 10. The molecule has 0 atom stereocenters. The minimum absolute atomic E-state index is 0.0258. The standard InChI is InChI=1S/C106H83BN4Se2/c1-104(2,3)74-58-81(68-36-20-12-21-37-68)100(82(59-74)69-38-22-13-23-39-69)110-91-64-77(108-89-46-30-28-44-79(89)97-85-56-72(66-32-16-10-17-33-66)48-54-95(85)112-102(97)108)50-52-87(91)107-88-53-51-78(109-90-47-31-29-45-80(90)98-86-57-73(67-34-18-11-19-35-67)49-55-96(86)113-103(98)109)65-92(88)111(94-63-76(106(7,8)9)62-93(110)99(94)107)101-83(70-40-24-14-25-41-70)60-75(105(4,5)6)61-84(101)71-42-26-15-27-43-71/h10-65H,1-9H3/i28D,29D,30D,31D,44D,45D,46D,47D,48D,49D,50D,51D,52D,53D,54D,55D,56D,57D,64D,65D. The summed E-state index contributed by atoms with van der Waals surface area (Å²) in [5.41, 5.74) is 8.54. The van der Waals surface area contributed by atoms with Gasteiger partial charge in [-0.2, -0.15) is 0 Å². The average molecular weight is 1600 g/mol. The third-order valence-electron chi connectivity index (χ3n) is 22.3. The molecule has 0 unspecified atom stereocenters. The van der Waals surface area contributed by atoms with Crippen molar-refractivity contribution in [2.24, 2.45) is 0 Å². The van der Waals surface area contributed by atoms with Crippen molar-refractivity contribution in [2.75, 3.05) is 9.80 Å². The van der Waals surface area contributed by atoms with Gasteiger partial charge in [-0.1, -0.05) is 0 Å². The van der Waals surface area contributed by atoms with Gasteiger partial charge in [-0.15, -0.1) is 0 Å². The van der Waals surface area contributed by atoms with E-state index < -0.39 is 137 Å². The average Bonchev–Trinajstić information content (AvgIpc) is 1.57. The molecule has 0 N–H and O–H groups in total. The number of benzene rings is 15. The summed E-state index contributed by atoms with van der Waals surface area (Å²) in [6.45, 7) is 17.5. The van der Waals surface area contributed by atoms with E-state index in [1.165, 1.54) is 9.13 Å². The third kappa shape index (κ3) is 11.3. The van der Waals surface area contributed by atoms with Crippen LogP contribution in [0.1, 0.15) is 106 Å². The first-order valence-electron chi connectivity index (χ1n) is 48.0. The van der Waals surface area contributed by atoms with Crippen molar-refractivity contribution in [3.63, 3.8) is 0 Å². The summed E-state index contributed by atoms with van der Waals surface area (Å²) in [5.74, 6) is 0. The number of aromatic nitrogens is 2. The van der Waals surface area contributed by atoms with E-state index in [0.717, 1.165) is 33.4 Å². The van der Waals surface area contributed by atoms with Crippen molar-refractivity contribution in [3.05, 3.63) is 356 Å². The SMILES string of the molecule is [2H]c1c([2H])c(-n2c3[se]c4c([2H])c([2H])c(-c5ccccc5)c([2H])c4c3c3c([2H])c([2H])c([2H])c([2H])c32)c([2H])c2c1B1c3c(cc(C(C)(C)C)cc3N(c3c(-c4ccccc4)cc(C(C)(C)C)cc3-c3ccccc3)c3c([2H])c(-n4c5[se]c6c([2H])c([2H])c(-c7ccccc7)c([2H])c6c5c5c([2H])c([2H])c([2H])c([2H])c54)c([2H])c([2H])c31)N2c1c(-c2ccccc2)cc(C(C)(C)C)cc1-c1ccccc1. The monoisotopic (exact) mass is 1600 g/mol. The van der Waals surface area contributed by atoms with Gasteiger partial charge in [0.15, 0.2) is 0 Å². The number of para-hydroxylation sites is 2. The minimum atomic E-state index is -1.55. The Balaban J connectivity index is 1.01. The summed E-state index contributed by atoms with van der Waals surface area (Å²) >= 11 is -2.36. The molecule has 0 saturated carbocycles. The fourth-order valence-corrected chi connectivity index (χ4v) is 21.4. The van der Waals surface area contributed by atoms with Gasteiger partial charge in [0.25, 0.3) is 0 Å². The molecule has 2 aliphatic heterocycles. The first-order chi connectivity index (χ1) is 63.3. The summed E-state index contributed by atoms with van der Waals surface area (Å²) in [5, 5.41) is 0.525. The second-order valence-electron chi connectivity index (χ2n) is 32.4. The maximum absolute atomic E-state index is 12.1. The molecule has 542 valence electrons. The van der Waals surface area contributed by atoms with E-state index in [1.54, 1.807) is 60.7 Å². The Bertz CT molecular complexity index is 7710. The summed E-state index contributed by atoms with van der Waals surface area (Å²) in [6.07, 6.45) is 0. The Hall–Kier alpha value is -11.9. The predicted octanol–water partition coefficient (Wildman–Crippen LogP) is 26.3. The number of fused-ring (bicyclic) bond motifs is 14. The molecule has 0 bridgehead atoms. The fraction of sp³-hybridized carbons (Fsp3) is 0.113. The van der Waals surface area contributed by atoms with E-state index >= 15 is 0 Å². The van der Waals surface area contributed by atoms with Crippen molar-refractivity contribution in [1.29, 1.82) is 0 Å². The summed E-state index contributed by atoms with van der Waals surface area (Å²) in [7, 11) is 0. The van der Waals surface area contributed by atoms with E-state index in [0.29, 0.717) is 67.2 Å². The van der Waals surface area contributed by atoms with Crippen LogP contribution in [-0.2, 0) is 16.2 Å². The molecule has 4 nitrogen and oxygen atoms in total. The molecule has 0 spiro atoms. The van der Waals surface area contributed by atoms with Crippen LogP contribution in [0.3, 0.4) is 0 Å². The van der Waals surface area contributed by atoms with E-state index in [4.69, 9.17) is 0 Å². The van der Waals surface area contributed by atoms with Crippen LogP contribution in [0, 0.1) is 0 Å². The Morgan fingerprint density at radius 2 is 0.619 bits per heavy atom. The van der Waals surface area contributed by atoms with Crippen molar-refractivity contribution >= 4 is 147 Å². The van der Waals surface area contributed by atoms with Gasteiger partial charge < -0.3 is 0 Å². The molecule has 4 aromatic heterocycles. The Morgan fingerprint density at radius 1 is 0.301 bits per heavy atom. The fourth-order valence-electron chi connectivity index (χ4n) is 16.6. The quantitative estimate of drug-likeness (QED) is 0.127. The molecule has 15 aromatic carbocycles. The van der Waals surface area contributed by atoms with Gasteiger partial charge in [0.05, 0.1) is 0 Å². The van der Waals surface area contributed by atoms with Gasteiger partial charge in [-0.3, -0.25) is 0 Å². The van der Waals surface area contributed by atoms with Crippen LogP contribution in [0.25, 0.3) is 139 Å². The van der Waals surface area contributed by atoms with Gasteiger partial charge in [0.1, 0.15) is 0 Å². The van der Waals surface area contributed by atoms with Crippen molar-refractivity contribution < 1.29 is 27.4 Å². The molecule has 7 heteroatoms. The Morgan fingerprint density at radius 3 is 0.956 bits per heavy atom. The summed E-state index contributed by atoms with van der Waals surface area (Å²) < 4.78 is 213. The molecule has 0 aliphatic carbocycles. The molecule has 0 radical (unpaired) electrons. The molecule has 0 amide bonds. The normalized spacial score (nSPS) is 15.4. The van der Waals surface area contributed by atoms with E-state index in [9.17, 15) is 27.4 Å². The number of anilines is 6. The number of hydrogen-bond acceptors (Lipinski definition) is 2. The molecule has 0 saturated heterocycles. The van der Waals surface area contributed by atoms with Crippen LogP contribution in [0.5, 0.6) is 0 Å². The van der Waals surface area contributed by atoms with E-state index in [1.807, 2.05) is 131 Å². The maximum atomic E-state index is 12.1. The zero-order valence-electron chi connectivity index (χ0n) is 83.5. The molecular weight excluding hydrogens is 1500 g/mol. The van der Waals surface area contributed by atoms with Crippen molar-refractivity contribution in [3.8, 4) is 78.1 Å². The summed E-state index contributed by atoms with van der Waals surface area (Å²) in [4.78, 5) is 4.03. The van der Waals surface area contributed by atoms with Crippen LogP contribution in [0.4, 0.5) is 34.1 Å². The second kappa shape index (κ2) is 26.4. The first-order valence-corrected chi connectivity index (χ1v) is 41.5. The second-order valence-corrected chi connectivity index (χ2v) is 36.6. The topological polar surface area (TPSA) is 16.3 Å². The molecule has 19 aromatic rings. The zero-order chi connectivity index (χ0) is 93.7. The predicted molar refractivity (Wildman–Crippen MR) is 487 cm³/mol. The van der Waals surface area contributed by atoms with Gasteiger partial charge >= 0.3 is 706 Å². The van der Waals surface area contributed by atoms with Crippen LogP contribution in [0.2, 0.25) is 0 Å². The van der Waals surface area contributed by atoms with Gasteiger partial charge in [-0.05, 0) is 0 Å². The van der Waals surface area contributed by atoms with Crippen LogP contribution in [-0.4, -0.2) is 44.9 Å². The Labute approximate surface area is 701 Å². The zero-order valence-corrected chi connectivity index (χ0v) is 66.9. The number of nitrogens with zero attached hydrogens (tertiary/aromatic N) is 4. The van der Waals surface area contributed by atoms with Gasteiger partial charge in [-0.25, -0.2) is 0 Å². The first kappa shape index (κ1) is 50.9. The summed E-state index contributed by atoms with van der Waals surface area (Å²) in [6, 6.07) is 60.9. The van der Waals surface area contributed by atoms with Gasteiger partial charge in [0, 0.05) is 0 Å². The van der Waals surface area contributed by atoms with E-state index in [-0.39, 0.29) is 142 Å². The third-order valence-corrected chi connectivity index (χ3v) is 26.9. The molecular formula is C106H83BN4Se2. The van der Waals surface area contributed by atoms with Gasteiger partial charge in [0.2, 0.25) is 0 Å². The van der Waals surface area contributed by atoms with Crippen LogP contribution < -0.4 is 26.2 Å². The molecule has 113 heavy (non-hydrogen) atoms. The molecule has 6 heterocycles.